The average molecular weight is 897 g/mol. The maximum Gasteiger partial charge on any atom is 0.212 e. The molecule has 0 fully saturated rings. The monoisotopic (exact) mass is 896 g/mol. The van der Waals surface area contributed by atoms with Crippen molar-refractivity contribution in [1.29, 1.82) is 0 Å². The first-order valence-electron chi connectivity index (χ1n) is 21.5. The maximum atomic E-state index is 6.46. The minimum absolute atomic E-state index is 0.391. The lowest BCUT2D eigenvalue weighted by Gasteiger charge is -2.12. The fourth-order valence-corrected chi connectivity index (χ4v) is 9.46. The van der Waals surface area contributed by atoms with Crippen LogP contribution in [0.1, 0.15) is 33.4 Å². The lowest BCUT2D eigenvalue weighted by atomic mass is 10.0. The van der Waals surface area contributed by atoms with Gasteiger partial charge in [0.25, 0.3) is 0 Å². The van der Waals surface area contributed by atoms with Crippen molar-refractivity contribution in [3.8, 4) is 34.3 Å². The van der Waals surface area contributed by atoms with Gasteiger partial charge < -0.3 is 9.47 Å². The van der Waals surface area contributed by atoms with Crippen molar-refractivity contribution in [3.05, 3.63) is 215 Å². The smallest absolute Gasteiger partial charge is 0.212 e. The van der Waals surface area contributed by atoms with Gasteiger partial charge in [-0.05, 0) is 80.2 Å². The summed E-state index contributed by atoms with van der Waals surface area (Å²) in [6, 6.07) is 62.0. The summed E-state index contributed by atoms with van der Waals surface area (Å²) in [6.07, 6.45) is 3.65. The van der Waals surface area contributed by atoms with Gasteiger partial charge in [0.05, 0.1) is 12.4 Å². The van der Waals surface area contributed by atoms with Gasteiger partial charge in [0, 0.05) is 33.8 Å². The van der Waals surface area contributed by atoms with Crippen LogP contribution in [-0.4, -0.2) is 42.2 Å². The zero-order valence-electron chi connectivity index (χ0n) is 35.5. The van der Waals surface area contributed by atoms with Crippen molar-refractivity contribution in [2.24, 2.45) is 10.2 Å². The molecule has 8 aliphatic rings. The van der Waals surface area contributed by atoms with Crippen molar-refractivity contribution in [1.82, 2.24) is 29.7 Å². The Morgan fingerprint density at radius 1 is 0.379 bits per heavy atom. The van der Waals surface area contributed by atoms with Gasteiger partial charge in [-0.2, -0.15) is 19.6 Å². The number of rotatable bonds is 2. The Labute approximate surface area is 389 Å². The molecule has 8 aliphatic heterocycles. The topological polar surface area (TPSA) is 105 Å². The van der Waals surface area contributed by atoms with E-state index in [1.165, 1.54) is 11.1 Å². The summed E-state index contributed by atoms with van der Waals surface area (Å²) in [4.78, 5) is 0. The summed E-state index contributed by atoms with van der Waals surface area (Å²) in [5, 5.41) is 34.4. The Bertz CT molecular complexity index is 3180. The normalized spacial score (nSPS) is 14.2. The molecule has 0 aliphatic carbocycles. The molecule has 2 aromatic heterocycles. The zero-order valence-corrected chi connectivity index (χ0v) is 37.1. The third-order valence-electron chi connectivity index (χ3n) is 11.2. The molecule has 66 heavy (non-hydrogen) atoms. The van der Waals surface area contributed by atoms with E-state index in [0.29, 0.717) is 46.7 Å². The van der Waals surface area contributed by atoms with Gasteiger partial charge in [-0.1, -0.05) is 169 Å². The van der Waals surface area contributed by atoms with Crippen LogP contribution in [0.25, 0.3) is 44.3 Å². The van der Waals surface area contributed by atoms with E-state index in [1.54, 1.807) is 23.5 Å². The number of hydrogen-bond donors (Lipinski definition) is 0. The van der Waals surface area contributed by atoms with Gasteiger partial charge in [-0.3, -0.25) is 0 Å². The molecule has 0 radical (unpaired) electrons. The Kier molecular flexibility index (Phi) is 11.6. The van der Waals surface area contributed by atoms with Crippen molar-refractivity contribution >= 4 is 57.5 Å². The second kappa shape index (κ2) is 18.7. The first-order valence-corrected chi connectivity index (χ1v) is 23.5. The van der Waals surface area contributed by atoms with Gasteiger partial charge in [0.1, 0.15) is 24.7 Å². The van der Waals surface area contributed by atoms with Crippen LogP contribution in [-0.2, 0) is 24.7 Å². The predicted molar refractivity (Wildman–Crippen MR) is 265 cm³/mol. The number of aromatic nitrogens is 6. The number of para-hydroxylation sites is 2. The number of nitrogens with zero attached hydrogens (tertiary/aromatic N) is 8. The van der Waals surface area contributed by atoms with E-state index >= 15 is 0 Å². The van der Waals surface area contributed by atoms with E-state index in [2.05, 4.69) is 93.2 Å². The molecule has 0 saturated heterocycles. The average Bonchev–Trinajstić information content (AvgIpc) is 3.99. The highest BCUT2D eigenvalue weighted by Gasteiger charge is 2.17. The second-order valence-corrected chi connectivity index (χ2v) is 17.6. The summed E-state index contributed by atoms with van der Waals surface area (Å²) in [6.45, 7) is 0.782. The van der Waals surface area contributed by atoms with E-state index in [1.807, 2.05) is 131 Å². The standard InChI is InChI=1S/C54H40N8O2S2/c1-3-11-41(12-4-1)51-57-59-53-61(51)55-31-47-15-7-9-17-49(47)63-33-37-19-23-44-28-38(20-24-43(44)27-37)34-64-50-18-10-8-16-48(50)32-56-62-52(42-13-5-2-6-14-42)58-60-54(62)66-36-40-22-26-45-29-39(35-65-53)21-25-46(45)30-40/h1-32H,33-36H2/b55-31-,56-32-. The highest BCUT2D eigenvalue weighted by Crippen LogP contribution is 2.32. The van der Waals surface area contributed by atoms with E-state index < -0.39 is 0 Å². The molecular formula is C54H40N8O2S2. The Morgan fingerprint density at radius 2 is 0.758 bits per heavy atom. The largest absolute Gasteiger partial charge is 0.488 e. The third-order valence-corrected chi connectivity index (χ3v) is 13.2. The number of benzene rings is 8. The van der Waals surface area contributed by atoms with Crippen LogP contribution >= 0.6 is 23.5 Å². The molecule has 10 nitrogen and oxygen atoms in total. The van der Waals surface area contributed by atoms with E-state index in [9.17, 15) is 0 Å². The SMILES string of the molecule is C1=N\n2c(nnc2-c2ccccc2)SCc2ccc3cc(ccc3c2)CSc2nnc(-c3ccccc3)n2/N=C\c2ccccc2OCc2ccc3cc(ccc3c2)COc2ccccc2/1. The first kappa shape index (κ1) is 40.9. The van der Waals surface area contributed by atoms with Gasteiger partial charge >= 0.3 is 0 Å². The summed E-state index contributed by atoms with van der Waals surface area (Å²) >= 11 is 3.20. The molecule has 0 atom stereocenters. The molecular weight excluding hydrogens is 857 g/mol. The molecule has 8 bridgehead atoms. The summed E-state index contributed by atoms with van der Waals surface area (Å²) in [5.41, 5.74) is 7.98. The van der Waals surface area contributed by atoms with Crippen LogP contribution in [0.3, 0.4) is 0 Å². The minimum atomic E-state index is 0.391. The van der Waals surface area contributed by atoms with E-state index in [0.717, 1.165) is 66.4 Å². The highest BCUT2D eigenvalue weighted by atomic mass is 32.2. The van der Waals surface area contributed by atoms with Gasteiger partial charge in [-0.25, -0.2) is 0 Å². The zero-order chi connectivity index (χ0) is 44.1. The highest BCUT2D eigenvalue weighted by molar-refractivity contribution is 7.98. The molecule has 0 unspecified atom stereocenters. The van der Waals surface area contributed by atoms with Gasteiger partial charge in [0.15, 0.2) is 11.6 Å². The number of hydrogen-bond acceptors (Lipinski definition) is 10. The lowest BCUT2D eigenvalue weighted by molar-refractivity contribution is 0.305. The lowest BCUT2D eigenvalue weighted by Crippen LogP contribution is -2.01. The van der Waals surface area contributed by atoms with Crippen molar-refractivity contribution in [2.45, 2.75) is 35.0 Å². The molecule has 0 amide bonds. The molecule has 320 valence electrons. The van der Waals surface area contributed by atoms with Crippen molar-refractivity contribution in [2.75, 3.05) is 0 Å². The number of ether oxygens (including phenoxy) is 2. The van der Waals surface area contributed by atoms with Crippen LogP contribution in [0, 0.1) is 0 Å². The van der Waals surface area contributed by atoms with Crippen LogP contribution in [0.5, 0.6) is 11.5 Å². The van der Waals surface area contributed by atoms with E-state index in [-0.39, 0.29) is 0 Å². The quantitative estimate of drug-likeness (QED) is 0.169. The van der Waals surface area contributed by atoms with Crippen molar-refractivity contribution < 1.29 is 9.47 Å². The van der Waals surface area contributed by atoms with Crippen molar-refractivity contribution in [3.63, 3.8) is 0 Å². The van der Waals surface area contributed by atoms with Crippen LogP contribution in [0.4, 0.5) is 0 Å². The fraction of sp³-hybridized carbons (Fsp3) is 0.0741. The second-order valence-electron chi connectivity index (χ2n) is 15.7. The summed E-state index contributed by atoms with van der Waals surface area (Å²) in [7, 11) is 0. The molecule has 0 N–H and O–H groups in total. The first-order chi connectivity index (χ1) is 32.7. The maximum absolute atomic E-state index is 6.46. The Morgan fingerprint density at radius 3 is 1.20 bits per heavy atom. The molecule has 0 saturated carbocycles. The minimum Gasteiger partial charge on any atom is -0.488 e. The Balaban J connectivity index is 0.948. The predicted octanol–water partition coefficient (Wildman–Crippen LogP) is 12.3. The number of thioether (sulfide) groups is 2. The molecule has 10 heterocycles. The van der Waals surface area contributed by atoms with Crippen LogP contribution in [0.15, 0.2) is 203 Å². The van der Waals surface area contributed by atoms with E-state index in [4.69, 9.17) is 19.7 Å². The fourth-order valence-electron chi connectivity index (χ4n) is 7.80. The third kappa shape index (κ3) is 8.97. The summed E-state index contributed by atoms with van der Waals surface area (Å²) < 4.78 is 16.6. The molecule has 0 spiro atoms. The summed E-state index contributed by atoms with van der Waals surface area (Å²) in [5.74, 6) is 4.13. The molecule has 18 rings (SSSR count). The molecule has 10 aromatic rings. The van der Waals surface area contributed by atoms with Gasteiger partial charge in [-0.15, -0.1) is 20.4 Å². The molecule has 8 aromatic carbocycles. The molecule has 12 heteroatoms. The Hall–Kier alpha value is -7.80. The van der Waals surface area contributed by atoms with Gasteiger partial charge in [0.2, 0.25) is 10.3 Å². The van der Waals surface area contributed by atoms with Crippen LogP contribution < -0.4 is 9.47 Å². The van der Waals surface area contributed by atoms with Crippen LogP contribution in [0.2, 0.25) is 0 Å².